The number of phenolic OH excluding ortho intramolecular Hbond substituents is 2. The van der Waals surface area contributed by atoms with Crippen molar-refractivity contribution in [2.24, 2.45) is 11.7 Å². The number of hydrogen-bond donors (Lipinski definition) is 3. The molecule has 1 fully saturated rings. The summed E-state index contributed by atoms with van der Waals surface area (Å²) in [5.74, 6) is -2.11. The van der Waals surface area contributed by atoms with Crippen LogP contribution in [0.15, 0.2) is 24.3 Å². The van der Waals surface area contributed by atoms with Gasteiger partial charge in [-0.2, -0.15) is 0 Å². The summed E-state index contributed by atoms with van der Waals surface area (Å²) in [5, 5.41) is 21.8. The van der Waals surface area contributed by atoms with Gasteiger partial charge >= 0.3 is 0 Å². The Morgan fingerprint density at radius 3 is 2.00 bits per heavy atom. The zero-order chi connectivity index (χ0) is 21.2. The van der Waals surface area contributed by atoms with Crippen LogP contribution in [0.3, 0.4) is 0 Å². The summed E-state index contributed by atoms with van der Waals surface area (Å²) in [4.78, 5) is 40.8. The van der Waals surface area contributed by atoms with Gasteiger partial charge in [-0.15, -0.1) is 0 Å². The summed E-state index contributed by atoms with van der Waals surface area (Å²) in [6.07, 6.45) is 2.16. The third-order valence-electron chi connectivity index (χ3n) is 6.55. The van der Waals surface area contributed by atoms with Gasteiger partial charge < -0.3 is 20.8 Å². The Morgan fingerprint density at radius 2 is 1.50 bits per heavy atom. The summed E-state index contributed by atoms with van der Waals surface area (Å²) in [6, 6.07) is 6.33. The van der Waals surface area contributed by atoms with Gasteiger partial charge in [-0.1, -0.05) is 24.3 Å². The van der Waals surface area contributed by atoms with Gasteiger partial charge in [0.05, 0.1) is 11.1 Å². The van der Waals surface area contributed by atoms with Gasteiger partial charge in [-0.25, -0.2) is 0 Å². The van der Waals surface area contributed by atoms with Crippen molar-refractivity contribution in [1.29, 1.82) is 0 Å². The summed E-state index contributed by atoms with van der Waals surface area (Å²) in [6.45, 7) is 1.13. The van der Waals surface area contributed by atoms with E-state index in [1.54, 1.807) is 17.0 Å². The lowest BCUT2D eigenvalue weighted by molar-refractivity contribution is -0.136. The lowest BCUT2D eigenvalue weighted by atomic mass is 9.81. The molecule has 2 aromatic carbocycles. The molecule has 1 saturated heterocycles. The van der Waals surface area contributed by atoms with Crippen molar-refractivity contribution in [3.05, 3.63) is 57.6 Å². The Kier molecular flexibility index (Phi) is 4.18. The van der Waals surface area contributed by atoms with E-state index in [9.17, 15) is 24.6 Å². The Labute approximate surface area is 173 Å². The fraction of sp³-hybridized carbons (Fsp3) is 0.348. The predicted octanol–water partition coefficient (Wildman–Crippen LogP) is 1.54. The molecule has 1 aliphatic heterocycles. The highest BCUT2D eigenvalue weighted by molar-refractivity contribution is 6.30. The van der Waals surface area contributed by atoms with Crippen molar-refractivity contribution in [2.45, 2.75) is 31.7 Å². The number of amides is 1. The summed E-state index contributed by atoms with van der Waals surface area (Å²) in [7, 11) is 0. The van der Waals surface area contributed by atoms with Crippen LogP contribution in [-0.2, 0) is 17.6 Å². The second-order valence-electron chi connectivity index (χ2n) is 8.40. The van der Waals surface area contributed by atoms with Crippen molar-refractivity contribution in [3.63, 3.8) is 0 Å². The molecule has 30 heavy (non-hydrogen) atoms. The normalized spacial score (nSPS) is 20.7. The van der Waals surface area contributed by atoms with Crippen LogP contribution in [0, 0.1) is 5.92 Å². The van der Waals surface area contributed by atoms with Crippen molar-refractivity contribution in [2.75, 3.05) is 13.1 Å². The first-order chi connectivity index (χ1) is 14.4. The lowest BCUT2D eigenvalue weighted by Gasteiger charge is -2.32. The number of aromatic hydroxyl groups is 2. The Balaban J connectivity index is 1.55. The van der Waals surface area contributed by atoms with Crippen LogP contribution in [0.2, 0.25) is 0 Å². The fourth-order valence-corrected chi connectivity index (χ4v) is 5.06. The summed E-state index contributed by atoms with van der Waals surface area (Å²) in [5.41, 5.74) is 6.85. The molecule has 1 amide bonds. The van der Waals surface area contributed by atoms with Crippen LogP contribution in [0.4, 0.5) is 0 Å². The molecule has 0 saturated carbocycles. The molecule has 0 aromatic heterocycles. The molecular weight excluding hydrogens is 384 g/mol. The quantitative estimate of drug-likeness (QED) is 0.527. The Hall–Kier alpha value is -3.19. The van der Waals surface area contributed by atoms with Gasteiger partial charge in [0.25, 0.3) is 0 Å². The number of nitrogens with two attached hydrogens (primary N) is 1. The number of ketones is 2. The van der Waals surface area contributed by atoms with E-state index in [1.165, 1.54) is 12.1 Å². The largest absolute Gasteiger partial charge is 0.507 e. The first kappa shape index (κ1) is 18.8. The number of nitrogens with zero attached hydrogens (tertiary/aromatic N) is 1. The van der Waals surface area contributed by atoms with E-state index in [-0.39, 0.29) is 58.5 Å². The van der Waals surface area contributed by atoms with Crippen LogP contribution in [-0.4, -0.2) is 51.7 Å². The van der Waals surface area contributed by atoms with Crippen LogP contribution in [0.1, 0.15) is 55.8 Å². The number of fused-ring (bicyclic) bond motifs is 3. The second kappa shape index (κ2) is 6.67. The van der Waals surface area contributed by atoms with Crippen molar-refractivity contribution < 1.29 is 24.6 Å². The second-order valence-corrected chi connectivity index (χ2v) is 8.40. The number of phenols is 2. The smallest absolute Gasteiger partial charge is 0.226 e. The highest BCUT2D eigenvalue weighted by Crippen LogP contribution is 2.47. The van der Waals surface area contributed by atoms with E-state index in [4.69, 9.17) is 5.73 Å². The zero-order valence-corrected chi connectivity index (χ0v) is 16.4. The van der Waals surface area contributed by atoms with Crippen LogP contribution >= 0.6 is 0 Å². The van der Waals surface area contributed by atoms with E-state index in [1.807, 2.05) is 0 Å². The summed E-state index contributed by atoms with van der Waals surface area (Å²) >= 11 is 0. The standard InChI is InChI=1S/C23H22N2O5/c24-12-4-3-7-25(10-12)23(30)11-8-15-16(9-11)22(29)18-17(21(15)28)19(26)13-5-1-2-6-14(13)20(18)27/h1-2,5-6,11-12,28-29H,3-4,7-10,24H2. The van der Waals surface area contributed by atoms with E-state index in [0.717, 1.165) is 12.8 Å². The first-order valence-corrected chi connectivity index (χ1v) is 10.2. The SMILES string of the molecule is NC1CCCN(C(=O)C2Cc3c(O)c4c(c(O)c3C2)C(=O)c2ccccc2C4=O)C1. The third kappa shape index (κ3) is 2.58. The molecule has 2 aliphatic carbocycles. The minimum atomic E-state index is -0.493. The Bertz CT molecular complexity index is 1050. The zero-order valence-electron chi connectivity index (χ0n) is 16.4. The van der Waals surface area contributed by atoms with E-state index in [2.05, 4.69) is 0 Å². The number of rotatable bonds is 1. The molecule has 154 valence electrons. The molecule has 7 heteroatoms. The molecule has 0 bridgehead atoms. The van der Waals surface area contributed by atoms with Crippen molar-refractivity contribution in [3.8, 4) is 11.5 Å². The topological polar surface area (TPSA) is 121 Å². The molecule has 7 nitrogen and oxygen atoms in total. The maximum atomic E-state index is 13.0. The van der Waals surface area contributed by atoms with Crippen LogP contribution in [0.5, 0.6) is 11.5 Å². The number of piperidine rings is 1. The van der Waals surface area contributed by atoms with Gasteiger partial charge in [-0.3, -0.25) is 14.4 Å². The average molecular weight is 406 g/mol. The monoisotopic (exact) mass is 406 g/mol. The van der Waals surface area contributed by atoms with Gasteiger partial charge in [-0.05, 0) is 25.7 Å². The van der Waals surface area contributed by atoms with E-state index >= 15 is 0 Å². The van der Waals surface area contributed by atoms with E-state index in [0.29, 0.717) is 24.2 Å². The lowest BCUT2D eigenvalue weighted by Crippen LogP contribution is -2.47. The number of hydrogen-bond acceptors (Lipinski definition) is 6. The molecule has 2 aromatic rings. The van der Waals surface area contributed by atoms with Crippen LogP contribution in [0.25, 0.3) is 0 Å². The Morgan fingerprint density at radius 1 is 0.967 bits per heavy atom. The fourth-order valence-electron chi connectivity index (χ4n) is 5.06. The van der Waals surface area contributed by atoms with Gasteiger partial charge in [0.2, 0.25) is 5.91 Å². The highest BCUT2D eigenvalue weighted by Gasteiger charge is 2.42. The highest BCUT2D eigenvalue weighted by atomic mass is 16.3. The average Bonchev–Trinajstić information content (AvgIpc) is 3.20. The molecule has 0 radical (unpaired) electrons. The number of carbonyl (C=O) groups excluding carboxylic acids is 3. The molecule has 3 aliphatic rings. The maximum absolute atomic E-state index is 13.0. The number of likely N-dealkylation sites (tertiary alicyclic amines) is 1. The minimum Gasteiger partial charge on any atom is -0.507 e. The first-order valence-electron chi connectivity index (χ1n) is 10.2. The molecule has 1 unspecified atom stereocenters. The molecular formula is C23H22N2O5. The van der Waals surface area contributed by atoms with E-state index < -0.39 is 17.5 Å². The molecule has 1 heterocycles. The third-order valence-corrected chi connectivity index (χ3v) is 6.55. The summed E-state index contributed by atoms with van der Waals surface area (Å²) < 4.78 is 0. The number of carbonyl (C=O) groups is 3. The molecule has 1 atom stereocenters. The number of benzene rings is 2. The van der Waals surface area contributed by atoms with Gasteiger partial charge in [0.15, 0.2) is 11.6 Å². The van der Waals surface area contributed by atoms with Crippen LogP contribution < -0.4 is 5.73 Å². The predicted molar refractivity (Wildman–Crippen MR) is 108 cm³/mol. The molecule has 5 rings (SSSR count). The van der Waals surface area contributed by atoms with Gasteiger partial charge in [0.1, 0.15) is 11.5 Å². The van der Waals surface area contributed by atoms with Crippen molar-refractivity contribution in [1.82, 2.24) is 4.90 Å². The van der Waals surface area contributed by atoms with Crippen molar-refractivity contribution >= 4 is 17.5 Å². The van der Waals surface area contributed by atoms with Gasteiger partial charge in [0, 0.05) is 47.3 Å². The minimum absolute atomic E-state index is 0.0469. The molecule has 4 N–H and O–H groups in total. The molecule has 0 spiro atoms. The maximum Gasteiger partial charge on any atom is 0.226 e.